The number of aliphatic imine (C=N–C) groups is 1. The van der Waals surface area contributed by atoms with Crippen molar-refractivity contribution in [3.8, 4) is 11.3 Å². The van der Waals surface area contributed by atoms with E-state index in [-0.39, 0.29) is 18.0 Å². The molecule has 5 rings (SSSR count). The molecule has 1 aromatic heterocycles. The fraction of sp³-hybridized carbons (Fsp3) is 0.0769. The zero-order chi connectivity index (χ0) is 21.9. The van der Waals surface area contributed by atoms with Crippen LogP contribution in [0.5, 0.6) is 0 Å². The van der Waals surface area contributed by atoms with Crippen LogP contribution in [-0.2, 0) is 11.2 Å². The van der Waals surface area contributed by atoms with Gasteiger partial charge in [-0.3, -0.25) is 9.79 Å². The maximum Gasteiger partial charge on any atom is 0.181 e. The smallest absolute Gasteiger partial charge is 0.181 e. The second kappa shape index (κ2) is 8.51. The molecule has 0 spiro atoms. The summed E-state index contributed by atoms with van der Waals surface area (Å²) in [6.45, 7) is 0. The molecule has 1 aliphatic heterocycles. The van der Waals surface area contributed by atoms with Crippen molar-refractivity contribution < 1.29 is 9.18 Å². The van der Waals surface area contributed by atoms with Gasteiger partial charge in [0.2, 0.25) is 0 Å². The lowest BCUT2D eigenvalue weighted by Crippen LogP contribution is -2.29. The van der Waals surface area contributed by atoms with E-state index >= 15 is 0 Å². The molecule has 2 heterocycles. The zero-order valence-electron chi connectivity index (χ0n) is 17.1. The van der Waals surface area contributed by atoms with Crippen LogP contribution < -0.4 is 5.32 Å². The fourth-order valence-electron chi connectivity index (χ4n) is 3.72. The molecule has 0 saturated heterocycles. The summed E-state index contributed by atoms with van der Waals surface area (Å²) >= 11 is 0. The van der Waals surface area contributed by atoms with Crippen molar-refractivity contribution >= 4 is 17.3 Å². The highest BCUT2D eigenvalue weighted by atomic mass is 19.1. The fourth-order valence-corrected chi connectivity index (χ4v) is 3.72. The van der Waals surface area contributed by atoms with Crippen LogP contribution in [0.15, 0.2) is 96.0 Å². The molecular weight excluding hydrogens is 403 g/mol. The second-order valence-corrected chi connectivity index (χ2v) is 7.50. The van der Waals surface area contributed by atoms with Crippen molar-refractivity contribution in [3.63, 3.8) is 0 Å². The highest BCUT2D eigenvalue weighted by molar-refractivity contribution is 6.16. The number of halogens is 1. The maximum absolute atomic E-state index is 13.2. The Morgan fingerprint density at radius 3 is 2.28 bits per heavy atom. The quantitative estimate of drug-likeness (QED) is 0.518. The summed E-state index contributed by atoms with van der Waals surface area (Å²) in [7, 11) is 0. The van der Waals surface area contributed by atoms with Gasteiger partial charge in [-0.2, -0.15) is 0 Å². The van der Waals surface area contributed by atoms with Crippen LogP contribution in [-0.4, -0.2) is 27.9 Å². The first-order valence-electron chi connectivity index (χ1n) is 10.3. The van der Waals surface area contributed by atoms with Crippen molar-refractivity contribution in [3.05, 3.63) is 114 Å². The van der Waals surface area contributed by atoms with E-state index < -0.39 is 6.17 Å². The first-order chi connectivity index (χ1) is 15.7. The number of carbonyl (C=O) groups excluding carboxylic acids is 1. The van der Waals surface area contributed by atoms with E-state index in [2.05, 4.69) is 15.5 Å². The minimum Gasteiger partial charge on any atom is -0.341 e. The second-order valence-electron chi connectivity index (χ2n) is 7.50. The number of aromatic nitrogens is 2. The van der Waals surface area contributed by atoms with Gasteiger partial charge in [-0.05, 0) is 42.0 Å². The van der Waals surface area contributed by atoms with Crippen LogP contribution >= 0.6 is 0 Å². The van der Waals surface area contributed by atoms with Gasteiger partial charge in [-0.25, -0.2) is 4.39 Å². The van der Waals surface area contributed by atoms with Gasteiger partial charge in [0.05, 0.1) is 11.4 Å². The molecule has 0 bridgehead atoms. The predicted molar refractivity (Wildman–Crippen MR) is 122 cm³/mol. The third kappa shape index (κ3) is 4.03. The van der Waals surface area contributed by atoms with Gasteiger partial charge in [0, 0.05) is 23.1 Å². The van der Waals surface area contributed by atoms with Crippen molar-refractivity contribution in [2.24, 2.45) is 4.99 Å². The third-order valence-electron chi connectivity index (χ3n) is 5.34. The van der Waals surface area contributed by atoms with Crippen LogP contribution in [0.1, 0.15) is 16.7 Å². The number of ketones is 1. The summed E-state index contributed by atoms with van der Waals surface area (Å²) in [5.74, 6) is 0.0871. The Bertz CT molecular complexity index is 1290. The van der Waals surface area contributed by atoms with E-state index in [0.29, 0.717) is 11.5 Å². The van der Waals surface area contributed by atoms with Crippen molar-refractivity contribution in [1.29, 1.82) is 0 Å². The van der Waals surface area contributed by atoms with Crippen LogP contribution in [0.4, 0.5) is 10.2 Å². The molecule has 6 heteroatoms. The molecule has 1 unspecified atom stereocenters. The van der Waals surface area contributed by atoms with Gasteiger partial charge >= 0.3 is 0 Å². The molecule has 0 fully saturated rings. The van der Waals surface area contributed by atoms with Crippen LogP contribution in [0.25, 0.3) is 11.3 Å². The summed E-state index contributed by atoms with van der Waals surface area (Å²) in [5.41, 5.74) is 4.98. The van der Waals surface area contributed by atoms with E-state index in [1.54, 1.807) is 24.3 Å². The highest BCUT2D eigenvalue weighted by Crippen LogP contribution is 2.23. The molecule has 4 aromatic rings. The lowest BCUT2D eigenvalue weighted by molar-refractivity contribution is -0.118. The molecule has 1 N–H and O–H groups in total. The average Bonchev–Trinajstić information content (AvgIpc) is 2.97. The number of hydrogen-bond acceptors (Lipinski definition) is 5. The average molecular weight is 422 g/mol. The molecule has 5 nitrogen and oxygen atoms in total. The van der Waals surface area contributed by atoms with Gasteiger partial charge in [-0.1, -0.05) is 54.6 Å². The Morgan fingerprint density at radius 1 is 0.781 bits per heavy atom. The first kappa shape index (κ1) is 19.8. The van der Waals surface area contributed by atoms with E-state index in [4.69, 9.17) is 4.99 Å². The number of benzene rings is 3. The molecule has 156 valence electrons. The Kier molecular flexibility index (Phi) is 5.25. The lowest BCUT2D eigenvalue weighted by Gasteiger charge is -2.14. The molecule has 0 aliphatic carbocycles. The molecule has 32 heavy (non-hydrogen) atoms. The minimum atomic E-state index is -0.788. The molecule has 0 radical (unpaired) electrons. The number of anilines is 1. The molecule has 0 amide bonds. The number of nitrogens with zero attached hydrogens (tertiary/aromatic N) is 3. The predicted octanol–water partition coefficient (Wildman–Crippen LogP) is 4.68. The molecule has 1 aliphatic rings. The summed E-state index contributed by atoms with van der Waals surface area (Å²) in [5, 5.41) is 11.5. The summed E-state index contributed by atoms with van der Waals surface area (Å²) in [6.07, 6.45) is -0.516. The van der Waals surface area contributed by atoms with Crippen molar-refractivity contribution in [2.75, 3.05) is 5.32 Å². The van der Waals surface area contributed by atoms with Gasteiger partial charge in [0.25, 0.3) is 0 Å². The van der Waals surface area contributed by atoms with Crippen LogP contribution in [0, 0.1) is 5.82 Å². The summed E-state index contributed by atoms with van der Waals surface area (Å²) in [4.78, 5) is 17.8. The summed E-state index contributed by atoms with van der Waals surface area (Å²) in [6, 6.07) is 27.3. The molecule has 3 aromatic carbocycles. The molecule has 1 atom stereocenters. The third-order valence-corrected chi connectivity index (χ3v) is 5.34. The van der Waals surface area contributed by atoms with Crippen LogP contribution in [0.3, 0.4) is 0 Å². The van der Waals surface area contributed by atoms with Crippen LogP contribution in [0.2, 0.25) is 0 Å². The number of carbonyl (C=O) groups is 1. The Morgan fingerprint density at radius 2 is 1.53 bits per heavy atom. The Hall–Kier alpha value is -4.19. The lowest BCUT2D eigenvalue weighted by atomic mass is 9.96. The Balaban J connectivity index is 1.46. The molecular formula is C26H19FN4O. The zero-order valence-corrected chi connectivity index (χ0v) is 17.1. The van der Waals surface area contributed by atoms with Gasteiger partial charge in [-0.15, -0.1) is 10.2 Å². The standard InChI is InChI=1S/C26H19FN4O/c27-20-12-10-17(11-13-20)22-14-15-24(31-30-22)28-26-23(32)16-19-8-4-5-9-21(19)25(29-26)18-6-2-1-3-7-18/h1-15,26H,16H2,(H,28,31). The largest absolute Gasteiger partial charge is 0.341 e. The monoisotopic (exact) mass is 422 g/mol. The number of Topliss-reactive ketones (excluding diaryl/α,β-unsaturated/α-hetero) is 1. The highest BCUT2D eigenvalue weighted by Gasteiger charge is 2.26. The summed E-state index contributed by atoms with van der Waals surface area (Å²) < 4.78 is 13.2. The molecule has 0 saturated carbocycles. The Labute approximate surface area is 184 Å². The van der Waals surface area contributed by atoms with E-state index in [1.807, 2.05) is 54.6 Å². The normalized spacial score (nSPS) is 15.5. The van der Waals surface area contributed by atoms with E-state index in [9.17, 15) is 9.18 Å². The SMILES string of the molecule is O=C1Cc2ccccc2C(c2ccccc2)=NC1Nc1ccc(-c2ccc(F)cc2)nn1. The number of fused-ring (bicyclic) bond motifs is 1. The van der Waals surface area contributed by atoms with Gasteiger partial charge in [0.1, 0.15) is 5.82 Å². The maximum atomic E-state index is 13.2. The van der Waals surface area contributed by atoms with E-state index in [1.165, 1.54) is 12.1 Å². The van der Waals surface area contributed by atoms with Gasteiger partial charge < -0.3 is 5.32 Å². The van der Waals surface area contributed by atoms with E-state index in [0.717, 1.165) is 28.0 Å². The first-order valence-corrected chi connectivity index (χ1v) is 10.3. The van der Waals surface area contributed by atoms with Crippen molar-refractivity contribution in [2.45, 2.75) is 12.6 Å². The number of hydrogen-bond donors (Lipinski definition) is 1. The topological polar surface area (TPSA) is 67.2 Å². The number of nitrogens with one attached hydrogen (secondary N) is 1. The van der Waals surface area contributed by atoms with Crippen molar-refractivity contribution in [1.82, 2.24) is 10.2 Å². The minimum absolute atomic E-state index is 0.0483. The number of rotatable bonds is 4. The van der Waals surface area contributed by atoms with Gasteiger partial charge in [0.15, 0.2) is 17.8 Å².